The van der Waals surface area contributed by atoms with Gasteiger partial charge in [0.05, 0.1) is 4.90 Å². The molecular formula is C8H11BrN2OS. The molecule has 0 saturated heterocycles. The number of hydrogen-bond acceptors (Lipinski definition) is 2. The van der Waals surface area contributed by atoms with E-state index in [-0.39, 0.29) is 0 Å². The second-order valence-corrected chi connectivity index (χ2v) is 5.58. The maximum Gasteiger partial charge on any atom is 0.136 e. The Morgan fingerprint density at radius 2 is 1.92 bits per heavy atom. The van der Waals surface area contributed by atoms with E-state index in [1.807, 2.05) is 12.1 Å². The minimum Gasteiger partial charge on any atom is -0.231 e. The van der Waals surface area contributed by atoms with E-state index in [2.05, 4.69) is 25.0 Å². The van der Waals surface area contributed by atoms with Crippen LogP contribution in [0.15, 0.2) is 38.0 Å². The lowest BCUT2D eigenvalue weighted by atomic mass is 10.4. The van der Waals surface area contributed by atoms with Gasteiger partial charge in [-0.05, 0) is 31.3 Å². The number of nitrogens with one attached hydrogen (secondary N) is 1. The molecule has 0 saturated carbocycles. The molecule has 0 aliphatic rings. The third kappa shape index (κ3) is 2.30. The van der Waals surface area contributed by atoms with Gasteiger partial charge in [0, 0.05) is 11.5 Å². The van der Waals surface area contributed by atoms with Crippen molar-refractivity contribution in [2.24, 2.45) is 4.36 Å². The smallest absolute Gasteiger partial charge is 0.136 e. The van der Waals surface area contributed by atoms with Gasteiger partial charge in [0.1, 0.15) is 9.92 Å². The summed E-state index contributed by atoms with van der Waals surface area (Å²) in [6, 6.07) is 7.26. The summed E-state index contributed by atoms with van der Waals surface area (Å²) < 4.78 is 19.5. The van der Waals surface area contributed by atoms with Crippen molar-refractivity contribution in [3.63, 3.8) is 0 Å². The predicted molar refractivity (Wildman–Crippen MR) is 58.0 cm³/mol. The van der Waals surface area contributed by atoms with Crippen molar-refractivity contribution in [3.8, 4) is 0 Å². The second-order valence-electron chi connectivity index (χ2n) is 2.37. The van der Waals surface area contributed by atoms with Gasteiger partial charge >= 0.3 is 0 Å². The standard InChI is InChI=1S/C8H11BrN2OS/c1-10-13(12,11-2)8-5-3-7(9)4-6-8/h3-6H,1-2H3,(H,10,11,12). The third-order valence-electron chi connectivity index (χ3n) is 1.67. The van der Waals surface area contributed by atoms with E-state index in [4.69, 9.17) is 0 Å². The van der Waals surface area contributed by atoms with Crippen LogP contribution in [0.4, 0.5) is 0 Å². The van der Waals surface area contributed by atoms with Gasteiger partial charge in [-0.3, -0.25) is 0 Å². The highest BCUT2D eigenvalue weighted by molar-refractivity contribution is 9.10. The largest absolute Gasteiger partial charge is 0.231 e. The minimum absolute atomic E-state index is 0.695. The molecule has 0 bridgehead atoms. The van der Waals surface area contributed by atoms with Crippen LogP contribution in [0.5, 0.6) is 0 Å². The number of nitrogens with zero attached hydrogens (tertiary/aromatic N) is 1. The Morgan fingerprint density at radius 1 is 1.38 bits per heavy atom. The zero-order valence-corrected chi connectivity index (χ0v) is 9.85. The highest BCUT2D eigenvalue weighted by Gasteiger charge is 2.07. The van der Waals surface area contributed by atoms with E-state index in [0.29, 0.717) is 4.90 Å². The van der Waals surface area contributed by atoms with E-state index >= 15 is 0 Å². The van der Waals surface area contributed by atoms with E-state index in [9.17, 15) is 4.21 Å². The summed E-state index contributed by atoms with van der Waals surface area (Å²) in [7, 11) is 0.773. The molecule has 0 radical (unpaired) electrons. The Hall–Kier alpha value is -0.390. The van der Waals surface area contributed by atoms with Crippen molar-refractivity contribution in [1.82, 2.24) is 4.72 Å². The van der Waals surface area contributed by atoms with Gasteiger partial charge < -0.3 is 0 Å². The van der Waals surface area contributed by atoms with Gasteiger partial charge in [0.2, 0.25) is 0 Å². The van der Waals surface area contributed by atoms with Crippen LogP contribution in [-0.4, -0.2) is 18.3 Å². The fraction of sp³-hybridized carbons (Fsp3) is 0.250. The maximum atomic E-state index is 11.9. The molecule has 0 aliphatic heterocycles. The molecule has 3 nitrogen and oxygen atoms in total. The van der Waals surface area contributed by atoms with Crippen molar-refractivity contribution >= 4 is 25.8 Å². The summed E-state index contributed by atoms with van der Waals surface area (Å²) in [4.78, 5) is 0.695. The third-order valence-corrected chi connectivity index (χ3v) is 4.17. The van der Waals surface area contributed by atoms with Gasteiger partial charge in [0.15, 0.2) is 0 Å². The Balaban J connectivity index is 3.23. The van der Waals surface area contributed by atoms with Crippen LogP contribution in [0.2, 0.25) is 0 Å². The Morgan fingerprint density at radius 3 is 2.31 bits per heavy atom. The van der Waals surface area contributed by atoms with Crippen LogP contribution in [0.25, 0.3) is 0 Å². The van der Waals surface area contributed by atoms with E-state index < -0.39 is 9.92 Å². The van der Waals surface area contributed by atoms with Crippen LogP contribution in [0.3, 0.4) is 0 Å². The van der Waals surface area contributed by atoms with Crippen molar-refractivity contribution in [2.75, 3.05) is 14.1 Å². The zero-order valence-electron chi connectivity index (χ0n) is 7.45. The first-order valence-corrected chi connectivity index (χ1v) is 6.02. The number of benzene rings is 1. The number of rotatable bonds is 2. The average molecular weight is 263 g/mol. The molecule has 0 heterocycles. The van der Waals surface area contributed by atoms with Gasteiger partial charge in [-0.2, -0.15) is 0 Å². The van der Waals surface area contributed by atoms with Crippen LogP contribution in [0, 0.1) is 0 Å². The topological polar surface area (TPSA) is 41.5 Å². The molecule has 0 fully saturated rings. The Labute approximate surface area is 87.0 Å². The van der Waals surface area contributed by atoms with Crippen LogP contribution >= 0.6 is 15.9 Å². The second kappa shape index (κ2) is 4.21. The average Bonchev–Trinajstić information content (AvgIpc) is 2.18. The lowest BCUT2D eigenvalue weighted by Gasteiger charge is -2.06. The summed E-state index contributed by atoms with van der Waals surface area (Å²) >= 11 is 3.31. The van der Waals surface area contributed by atoms with Crippen LogP contribution in [-0.2, 0) is 9.92 Å². The fourth-order valence-electron chi connectivity index (χ4n) is 0.934. The summed E-state index contributed by atoms with van der Waals surface area (Å²) in [5, 5.41) is 0. The molecular weight excluding hydrogens is 252 g/mol. The minimum atomic E-state index is -2.41. The molecule has 1 rings (SSSR count). The van der Waals surface area contributed by atoms with Crippen molar-refractivity contribution in [2.45, 2.75) is 4.90 Å². The Kier molecular flexibility index (Phi) is 3.47. The Bertz CT molecular complexity index is 393. The first kappa shape index (κ1) is 10.7. The molecule has 0 aromatic heterocycles. The zero-order chi connectivity index (χ0) is 9.90. The molecule has 1 aromatic rings. The molecule has 1 N–H and O–H groups in total. The lowest BCUT2D eigenvalue weighted by Crippen LogP contribution is -2.18. The van der Waals surface area contributed by atoms with Crippen molar-refractivity contribution in [3.05, 3.63) is 28.7 Å². The highest BCUT2D eigenvalue weighted by atomic mass is 79.9. The van der Waals surface area contributed by atoms with Crippen LogP contribution < -0.4 is 4.72 Å². The van der Waals surface area contributed by atoms with E-state index in [0.717, 1.165) is 4.47 Å². The van der Waals surface area contributed by atoms with E-state index in [1.165, 1.54) is 0 Å². The summed E-state index contributed by atoms with van der Waals surface area (Å²) in [6.45, 7) is 0. The van der Waals surface area contributed by atoms with Gasteiger partial charge in [-0.25, -0.2) is 13.3 Å². The maximum absolute atomic E-state index is 11.9. The summed E-state index contributed by atoms with van der Waals surface area (Å²) in [5.74, 6) is 0. The molecule has 0 amide bonds. The molecule has 5 heteroatoms. The van der Waals surface area contributed by atoms with E-state index in [1.54, 1.807) is 26.2 Å². The highest BCUT2D eigenvalue weighted by Crippen LogP contribution is 2.15. The molecule has 0 spiro atoms. The molecule has 1 unspecified atom stereocenters. The van der Waals surface area contributed by atoms with Gasteiger partial charge in [-0.15, -0.1) is 0 Å². The van der Waals surface area contributed by atoms with Crippen LogP contribution in [0.1, 0.15) is 0 Å². The molecule has 1 aromatic carbocycles. The number of halogens is 1. The normalized spacial score (nSPS) is 15.0. The fourth-order valence-corrected chi connectivity index (χ4v) is 2.33. The molecule has 1 atom stereocenters. The molecule has 13 heavy (non-hydrogen) atoms. The number of hydrogen-bond donors (Lipinski definition) is 1. The van der Waals surface area contributed by atoms with Crippen molar-refractivity contribution < 1.29 is 4.21 Å². The van der Waals surface area contributed by atoms with Gasteiger partial charge in [0.25, 0.3) is 0 Å². The molecule has 72 valence electrons. The van der Waals surface area contributed by atoms with Crippen molar-refractivity contribution in [1.29, 1.82) is 0 Å². The summed E-state index contributed by atoms with van der Waals surface area (Å²) in [5.41, 5.74) is 0. The molecule has 0 aliphatic carbocycles. The first-order valence-electron chi connectivity index (χ1n) is 3.72. The first-order chi connectivity index (χ1) is 6.12. The lowest BCUT2D eigenvalue weighted by molar-refractivity contribution is 0.670. The van der Waals surface area contributed by atoms with Gasteiger partial charge in [-0.1, -0.05) is 15.9 Å². The monoisotopic (exact) mass is 262 g/mol. The summed E-state index contributed by atoms with van der Waals surface area (Å²) in [6.07, 6.45) is 0. The SMILES string of the molecule is CN=S(=O)(NC)c1ccc(Br)cc1. The quantitative estimate of drug-likeness (QED) is 0.871. The predicted octanol–water partition coefficient (Wildman–Crippen LogP) is 2.04.